The molecule has 1 heterocycles. The van der Waals surface area contributed by atoms with Gasteiger partial charge in [-0.05, 0) is 25.1 Å². The van der Waals surface area contributed by atoms with E-state index in [9.17, 15) is 10.1 Å². The predicted octanol–water partition coefficient (Wildman–Crippen LogP) is 2.91. The third-order valence-corrected chi connectivity index (χ3v) is 2.49. The maximum absolute atomic E-state index is 10.6. The number of nitrogens with zero attached hydrogens (tertiary/aromatic N) is 3. The second kappa shape index (κ2) is 5.14. The van der Waals surface area contributed by atoms with E-state index in [4.69, 9.17) is 5.26 Å². The van der Waals surface area contributed by atoms with E-state index in [1.54, 1.807) is 6.07 Å². The molecule has 19 heavy (non-hydrogen) atoms. The summed E-state index contributed by atoms with van der Waals surface area (Å²) in [5.74, 6) is 0.588. The molecule has 1 aromatic carbocycles. The number of aryl methyl sites for hydroxylation is 1. The fraction of sp³-hybridized carbons (Fsp3) is 0.0769. The predicted molar refractivity (Wildman–Crippen MR) is 70.1 cm³/mol. The van der Waals surface area contributed by atoms with Crippen LogP contribution < -0.4 is 5.32 Å². The summed E-state index contributed by atoms with van der Waals surface area (Å²) in [5.41, 5.74) is 1.42. The summed E-state index contributed by atoms with van der Waals surface area (Å²) in [5, 5.41) is 22.6. The van der Waals surface area contributed by atoms with Gasteiger partial charge in [0.05, 0.1) is 16.2 Å². The van der Waals surface area contributed by atoms with Gasteiger partial charge in [-0.25, -0.2) is 4.98 Å². The van der Waals surface area contributed by atoms with Gasteiger partial charge < -0.3 is 5.32 Å². The Labute approximate surface area is 109 Å². The zero-order valence-electron chi connectivity index (χ0n) is 10.1. The van der Waals surface area contributed by atoms with Crippen molar-refractivity contribution in [3.05, 3.63) is 57.8 Å². The number of aromatic nitrogens is 1. The number of hydrogen-bond acceptors (Lipinski definition) is 5. The molecule has 0 aliphatic carbocycles. The van der Waals surface area contributed by atoms with Crippen molar-refractivity contribution in [2.75, 3.05) is 5.32 Å². The normalized spacial score (nSPS) is 9.68. The monoisotopic (exact) mass is 254 g/mol. The van der Waals surface area contributed by atoms with Crippen LogP contribution in [0.25, 0.3) is 0 Å². The van der Waals surface area contributed by atoms with Crippen LogP contribution in [-0.4, -0.2) is 9.91 Å². The van der Waals surface area contributed by atoms with Gasteiger partial charge in [0, 0.05) is 17.8 Å². The number of rotatable bonds is 3. The molecule has 0 saturated heterocycles. The number of anilines is 2. The molecule has 0 aliphatic heterocycles. The molecule has 94 valence electrons. The van der Waals surface area contributed by atoms with Crippen molar-refractivity contribution in [3.8, 4) is 6.07 Å². The Morgan fingerprint density at radius 1 is 1.37 bits per heavy atom. The first-order chi connectivity index (χ1) is 9.10. The highest BCUT2D eigenvalue weighted by Crippen LogP contribution is 2.24. The quantitative estimate of drug-likeness (QED) is 0.671. The molecule has 0 saturated carbocycles. The summed E-state index contributed by atoms with van der Waals surface area (Å²) in [6.07, 6.45) is 0. The van der Waals surface area contributed by atoms with Gasteiger partial charge >= 0.3 is 0 Å². The lowest BCUT2D eigenvalue weighted by atomic mass is 10.1. The Balaban J connectivity index is 2.36. The third kappa shape index (κ3) is 2.84. The van der Waals surface area contributed by atoms with Crippen LogP contribution in [0.4, 0.5) is 17.2 Å². The number of nitrogens with one attached hydrogen (secondary N) is 1. The van der Waals surface area contributed by atoms with Crippen molar-refractivity contribution in [2.24, 2.45) is 0 Å². The summed E-state index contributed by atoms with van der Waals surface area (Å²) in [4.78, 5) is 14.4. The molecule has 0 atom stereocenters. The minimum Gasteiger partial charge on any atom is -0.339 e. The topological polar surface area (TPSA) is 91.9 Å². The molecule has 0 bridgehead atoms. The zero-order valence-corrected chi connectivity index (χ0v) is 10.1. The number of benzene rings is 1. The molecule has 6 nitrogen and oxygen atoms in total. The van der Waals surface area contributed by atoms with Gasteiger partial charge in [-0.1, -0.05) is 6.07 Å². The molecule has 0 amide bonds. The van der Waals surface area contributed by atoms with Crippen LogP contribution in [0, 0.1) is 28.4 Å². The summed E-state index contributed by atoms with van der Waals surface area (Å²) in [7, 11) is 0. The maximum atomic E-state index is 10.6. The largest absolute Gasteiger partial charge is 0.339 e. The lowest BCUT2D eigenvalue weighted by Crippen LogP contribution is -1.98. The molecule has 0 radical (unpaired) electrons. The summed E-state index contributed by atoms with van der Waals surface area (Å²) < 4.78 is 0. The molecule has 1 aromatic heterocycles. The van der Waals surface area contributed by atoms with Crippen molar-refractivity contribution < 1.29 is 4.92 Å². The Morgan fingerprint density at radius 3 is 2.79 bits per heavy atom. The number of hydrogen-bond donors (Lipinski definition) is 1. The van der Waals surface area contributed by atoms with Crippen molar-refractivity contribution in [1.29, 1.82) is 5.26 Å². The molecule has 2 aromatic rings. The standard InChI is InChI=1S/C13H10N4O2/c1-9-3-2-4-13(15-9)16-12-6-5-11(17(18)19)7-10(12)8-14/h2-7H,1H3,(H,15,16). The number of pyridine rings is 1. The summed E-state index contributed by atoms with van der Waals surface area (Å²) in [6.45, 7) is 1.85. The summed E-state index contributed by atoms with van der Waals surface area (Å²) in [6, 6.07) is 11.5. The second-order valence-electron chi connectivity index (χ2n) is 3.89. The number of nitriles is 1. The molecule has 2 rings (SSSR count). The highest BCUT2D eigenvalue weighted by molar-refractivity contribution is 5.66. The van der Waals surface area contributed by atoms with Crippen LogP contribution in [0.3, 0.4) is 0 Å². The van der Waals surface area contributed by atoms with Crippen molar-refractivity contribution in [3.63, 3.8) is 0 Å². The first-order valence-electron chi connectivity index (χ1n) is 5.49. The van der Waals surface area contributed by atoms with E-state index in [1.165, 1.54) is 18.2 Å². The molecular weight excluding hydrogens is 244 g/mol. The fourth-order valence-corrected chi connectivity index (χ4v) is 1.60. The number of nitro benzene ring substituents is 1. The lowest BCUT2D eigenvalue weighted by Gasteiger charge is -2.07. The SMILES string of the molecule is Cc1cccc(Nc2ccc([N+](=O)[O-])cc2C#N)n1. The van der Waals surface area contributed by atoms with E-state index in [-0.39, 0.29) is 11.3 Å². The zero-order chi connectivity index (χ0) is 13.8. The van der Waals surface area contributed by atoms with Crippen molar-refractivity contribution in [2.45, 2.75) is 6.92 Å². The van der Waals surface area contributed by atoms with Crippen LogP contribution in [0.15, 0.2) is 36.4 Å². The third-order valence-electron chi connectivity index (χ3n) is 2.49. The van der Waals surface area contributed by atoms with Gasteiger partial charge in [0.2, 0.25) is 0 Å². The van der Waals surface area contributed by atoms with Gasteiger partial charge in [-0.15, -0.1) is 0 Å². The molecule has 0 unspecified atom stereocenters. The highest BCUT2D eigenvalue weighted by atomic mass is 16.6. The smallest absolute Gasteiger partial charge is 0.270 e. The van der Waals surface area contributed by atoms with Gasteiger partial charge in [0.15, 0.2) is 0 Å². The highest BCUT2D eigenvalue weighted by Gasteiger charge is 2.10. The molecule has 6 heteroatoms. The average molecular weight is 254 g/mol. The molecule has 0 spiro atoms. The van der Waals surface area contributed by atoms with Crippen LogP contribution >= 0.6 is 0 Å². The Hall–Kier alpha value is -2.94. The maximum Gasteiger partial charge on any atom is 0.270 e. The summed E-state index contributed by atoms with van der Waals surface area (Å²) >= 11 is 0. The Morgan fingerprint density at radius 2 is 2.16 bits per heavy atom. The van der Waals surface area contributed by atoms with E-state index in [1.807, 2.05) is 25.1 Å². The Kier molecular flexibility index (Phi) is 3.39. The van der Waals surface area contributed by atoms with Gasteiger partial charge in [-0.3, -0.25) is 10.1 Å². The molecule has 0 fully saturated rings. The minimum absolute atomic E-state index is 0.112. The van der Waals surface area contributed by atoms with Crippen molar-refractivity contribution in [1.82, 2.24) is 4.98 Å². The minimum atomic E-state index is -0.532. The van der Waals surface area contributed by atoms with Crippen molar-refractivity contribution >= 4 is 17.2 Å². The first-order valence-corrected chi connectivity index (χ1v) is 5.49. The number of non-ortho nitro benzene ring substituents is 1. The molecular formula is C13H10N4O2. The van der Waals surface area contributed by atoms with E-state index < -0.39 is 4.92 Å². The van der Waals surface area contributed by atoms with Crippen LogP contribution in [0.2, 0.25) is 0 Å². The van der Waals surface area contributed by atoms with Gasteiger partial charge in [-0.2, -0.15) is 5.26 Å². The van der Waals surface area contributed by atoms with E-state index in [0.29, 0.717) is 11.5 Å². The average Bonchev–Trinajstić information content (AvgIpc) is 2.39. The fourth-order valence-electron chi connectivity index (χ4n) is 1.60. The van der Waals surface area contributed by atoms with Gasteiger partial charge in [0.25, 0.3) is 5.69 Å². The Bertz CT molecular complexity index is 677. The second-order valence-corrected chi connectivity index (χ2v) is 3.89. The van der Waals surface area contributed by atoms with Crippen LogP contribution in [-0.2, 0) is 0 Å². The van der Waals surface area contributed by atoms with Crippen LogP contribution in [0.5, 0.6) is 0 Å². The van der Waals surface area contributed by atoms with E-state index >= 15 is 0 Å². The first kappa shape index (κ1) is 12.5. The van der Waals surface area contributed by atoms with Gasteiger partial charge in [0.1, 0.15) is 11.9 Å². The lowest BCUT2D eigenvalue weighted by molar-refractivity contribution is -0.384. The van der Waals surface area contributed by atoms with Crippen LogP contribution in [0.1, 0.15) is 11.3 Å². The van der Waals surface area contributed by atoms with E-state index in [0.717, 1.165) is 5.69 Å². The van der Waals surface area contributed by atoms with E-state index in [2.05, 4.69) is 10.3 Å². The molecule has 0 aliphatic rings. The molecule has 1 N–H and O–H groups in total. The number of nitro groups is 1.